The number of amides is 2. The fourth-order valence-electron chi connectivity index (χ4n) is 7.73. The molecular formula is C41H43N6O5+. The molecule has 7 rings (SSSR count). The number of aryl methyl sites for hydroxylation is 2. The number of imide groups is 1. The molecule has 8 bridgehead atoms. The molecule has 0 spiro atoms. The second kappa shape index (κ2) is 13.5. The number of nitrogens with one attached hydrogen (secondary N) is 2. The zero-order chi connectivity index (χ0) is 37.0. The minimum absolute atomic E-state index is 0.145. The van der Waals surface area contributed by atoms with Crippen molar-refractivity contribution in [1.29, 1.82) is 0 Å². The highest BCUT2D eigenvalue weighted by atomic mass is 16.7. The van der Waals surface area contributed by atoms with Crippen molar-refractivity contribution in [2.45, 2.75) is 65.7 Å². The zero-order valence-electron chi connectivity index (χ0n) is 30.8. The van der Waals surface area contributed by atoms with Crippen LogP contribution in [0.1, 0.15) is 125 Å². The van der Waals surface area contributed by atoms with E-state index in [1.165, 1.54) is 14.2 Å². The van der Waals surface area contributed by atoms with Crippen LogP contribution in [0, 0.1) is 6.92 Å². The van der Waals surface area contributed by atoms with E-state index in [4.69, 9.17) is 19.5 Å². The van der Waals surface area contributed by atoms with Gasteiger partial charge in [-0.3, -0.25) is 19.2 Å². The smallest absolute Gasteiger partial charge is 0.305 e. The molecule has 0 fully saturated rings. The van der Waals surface area contributed by atoms with Crippen LogP contribution in [0.5, 0.6) is 0 Å². The standard InChI is InChI=1S/C41H42N6O5/c1-9-26-21(2)30-19-34-27(14-13-25-12-10-11-17-46(25)6)22(3)29(43-34)18-31-23(4)28(15-16-35(48)51-7)38(44-31)37-39-36(40(49)47(52-8)41(37)50)24(5)32(45-39)20-33(26)42-30/h10-14,17-20,23,28H,9,15-16H2,1-8H3,(H,42,43,44,45,50)/p+1/t23-,28-/m0/s1. The number of carbonyl (C=O) groups excluding carboxylic acids is 3. The first-order chi connectivity index (χ1) is 25.0. The maximum atomic E-state index is 14.2. The first-order valence-electron chi connectivity index (χ1n) is 17.6. The Kier molecular flexibility index (Phi) is 9.00. The lowest BCUT2D eigenvalue weighted by Gasteiger charge is -2.25. The minimum atomic E-state index is -0.590. The summed E-state index contributed by atoms with van der Waals surface area (Å²) in [6.07, 6.45) is 7.51. The van der Waals surface area contributed by atoms with Gasteiger partial charge < -0.3 is 14.7 Å². The molecule has 2 amide bonds. The lowest BCUT2D eigenvalue weighted by Crippen LogP contribution is -2.40. The summed E-state index contributed by atoms with van der Waals surface area (Å²) < 4.78 is 7.07. The highest BCUT2D eigenvalue weighted by Gasteiger charge is 2.41. The van der Waals surface area contributed by atoms with Gasteiger partial charge in [0.1, 0.15) is 7.05 Å². The van der Waals surface area contributed by atoms with E-state index in [1.54, 1.807) is 0 Å². The second-order valence-electron chi connectivity index (χ2n) is 13.6. The second-order valence-corrected chi connectivity index (χ2v) is 13.6. The number of aromatic amines is 2. The Morgan fingerprint density at radius 2 is 1.67 bits per heavy atom. The van der Waals surface area contributed by atoms with Crippen molar-refractivity contribution in [3.63, 3.8) is 0 Å². The Labute approximate surface area is 302 Å². The number of rotatable bonds is 7. The van der Waals surface area contributed by atoms with E-state index in [9.17, 15) is 14.4 Å². The molecule has 11 nitrogen and oxygen atoms in total. The van der Waals surface area contributed by atoms with Gasteiger partial charge >= 0.3 is 5.97 Å². The number of carbonyl (C=O) groups is 3. The summed E-state index contributed by atoms with van der Waals surface area (Å²) in [6.45, 7) is 10.2. The lowest BCUT2D eigenvalue weighted by molar-refractivity contribution is -0.673. The van der Waals surface area contributed by atoms with Crippen molar-refractivity contribution in [3.05, 3.63) is 105 Å². The first-order valence-corrected chi connectivity index (χ1v) is 17.6. The monoisotopic (exact) mass is 699 g/mol. The van der Waals surface area contributed by atoms with Crippen LogP contribution >= 0.6 is 0 Å². The predicted molar refractivity (Wildman–Crippen MR) is 199 cm³/mol. The van der Waals surface area contributed by atoms with E-state index in [0.29, 0.717) is 39.8 Å². The highest BCUT2D eigenvalue weighted by molar-refractivity contribution is 6.22. The predicted octanol–water partition coefficient (Wildman–Crippen LogP) is 7.15. The Balaban J connectivity index is 1.59. The summed E-state index contributed by atoms with van der Waals surface area (Å²) in [4.78, 5) is 63.2. The van der Waals surface area contributed by atoms with Crippen LogP contribution in [0.15, 0.2) is 48.7 Å². The van der Waals surface area contributed by atoms with Crippen molar-refractivity contribution >= 4 is 57.2 Å². The number of hydrogen-bond acceptors (Lipinski definition) is 7. The number of H-pyrrole nitrogens is 2. The molecule has 4 aliphatic rings. The SMILES string of the molecule is CCC1=C(C)c2cc3nc(cc4[nH]c(c5c6[nH]c(cc1n2)c(C)c6C(=O)N(OC)C5=O)[C@@H](CCC(=O)OC)[C@@H]4C)C(C)=C3/C=C/c1cccc[n+]1C. The molecule has 0 saturated carbocycles. The number of esters is 1. The summed E-state index contributed by atoms with van der Waals surface area (Å²) >= 11 is 0. The fraction of sp³-hybridized carbons (Fsp3) is 0.317. The van der Waals surface area contributed by atoms with Crippen LogP contribution in [0.4, 0.5) is 0 Å². The average molecular weight is 700 g/mol. The van der Waals surface area contributed by atoms with Crippen molar-refractivity contribution in [2.24, 2.45) is 7.05 Å². The van der Waals surface area contributed by atoms with Crippen LogP contribution in [0.3, 0.4) is 0 Å². The van der Waals surface area contributed by atoms with Crippen LogP contribution in [-0.2, 0) is 21.4 Å². The van der Waals surface area contributed by atoms with Gasteiger partial charge in [-0.05, 0) is 86.2 Å². The van der Waals surface area contributed by atoms with Gasteiger partial charge in [-0.25, -0.2) is 14.5 Å². The molecule has 7 heterocycles. The number of nitrogens with zero attached hydrogens (tertiary/aromatic N) is 4. The number of ether oxygens (including phenoxy) is 1. The third kappa shape index (κ3) is 5.65. The number of aromatic nitrogens is 5. The summed E-state index contributed by atoms with van der Waals surface area (Å²) in [7, 11) is 4.69. The minimum Gasteiger partial charge on any atom is -0.469 e. The molecule has 0 unspecified atom stereocenters. The van der Waals surface area contributed by atoms with E-state index < -0.39 is 11.8 Å². The van der Waals surface area contributed by atoms with Crippen LogP contribution < -0.4 is 4.57 Å². The molecular weight excluding hydrogens is 656 g/mol. The van der Waals surface area contributed by atoms with Gasteiger partial charge in [0.05, 0.1) is 53.6 Å². The van der Waals surface area contributed by atoms with Crippen LogP contribution in [0.25, 0.3) is 39.4 Å². The Hall–Kier alpha value is -5.68. The number of hydrogen-bond donors (Lipinski definition) is 2. The molecule has 3 aromatic rings. The number of fused-ring (bicyclic) bond motifs is 8. The van der Waals surface area contributed by atoms with Gasteiger partial charge in [0.25, 0.3) is 11.8 Å². The van der Waals surface area contributed by atoms with E-state index in [-0.39, 0.29) is 24.2 Å². The third-order valence-corrected chi connectivity index (χ3v) is 10.8. The van der Waals surface area contributed by atoms with E-state index in [2.05, 4.69) is 66.5 Å². The summed E-state index contributed by atoms with van der Waals surface area (Å²) in [6, 6.07) is 12.1. The van der Waals surface area contributed by atoms with Gasteiger partial charge in [0.15, 0.2) is 6.20 Å². The zero-order valence-corrected chi connectivity index (χ0v) is 30.8. The van der Waals surface area contributed by atoms with Gasteiger partial charge in [0, 0.05) is 58.9 Å². The maximum absolute atomic E-state index is 14.2. The first kappa shape index (κ1) is 34.8. The molecule has 0 saturated heterocycles. The van der Waals surface area contributed by atoms with E-state index in [1.807, 2.05) is 44.4 Å². The quantitative estimate of drug-likeness (QED) is 0.152. The van der Waals surface area contributed by atoms with Crippen molar-refractivity contribution in [1.82, 2.24) is 25.0 Å². The van der Waals surface area contributed by atoms with Crippen LogP contribution in [-0.4, -0.2) is 57.0 Å². The molecule has 2 atom stereocenters. The molecule has 0 aromatic carbocycles. The Morgan fingerprint density at radius 3 is 2.38 bits per heavy atom. The van der Waals surface area contributed by atoms with Crippen molar-refractivity contribution in [3.8, 4) is 0 Å². The van der Waals surface area contributed by atoms with Crippen LogP contribution in [0.2, 0.25) is 0 Å². The van der Waals surface area contributed by atoms with Crippen molar-refractivity contribution in [2.75, 3.05) is 14.2 Å². The summed E-state index contributed by atoms with van der Waals surface area (Å²) in [5, 5.41) is 0.810. The normalized spacial score (nSPS) is 17.8. The molecule has 4 aliphatic heterocycles. The summed E-state index contributed by atoms with van der Waals surface area (Å²) in [5.41, 5.74) is 12.2. The van der Waals surface area contributed by atoms with E-state index >= 15 is 0 Å². The highest BCUT2D eigenvalue weighted by Crippen LogP contribution is 2.45. The number of hydroxylamine groups is 2. The van der Waals surface area contributed by atoms with Crippen molar-refractivity contribution < 1.29 is 28.5 Å². The third-order valence-electron chi connectivity index (χ3n) is 10.8. The number of methoxy groups -OCH3 is 1. The van der Waals surface area contributed by atoms with Gasteiger partial charge in [-0.15, -0.1) is 5.06 Å². The maximum Gasteiger partial charge on any atom is 0.305 e. The van der Waals surface area contributed by atoms with Gasteiger partial charge in [-0.2, -0.15) is 0 Å². The summed E-state index contributed by atoms with van der Waals surface area (Å²) in [5.74, 6) is -1.91. The molecule has 0 aliphatic carbocycles. The Morgan fingerprint density at radius 1 is 0.942 bits per heavy atom. The average Bonchev–Trinajstić information content (AvgIpc) is 3.80. The Bertz CT molecular complexity index is 2360. The molecule has 11 heteroatoms. The fourth-order valence-corrected chi connectivity index (χ4v) is 7.73. The molecule has 266 valence electrons. The molecule has 0 radical (unpaired) electrons. The largest absolute Gasteiger partial charge is 0.469 e. The number of pyridine rings is 1. The van der Waals surface area contributed by atoms with E-state index in [0.717, 1.165) is 67.9 Å². The lowest BCUT2D eigenvalue weighted by atomic mass is 9.84. The molecule has 2 N–H and O–H groups in total. The number of allylic oxidation sites excluding steroid dienone is 5. The molecule has 52 heavy (non-hydrogen) atoms. The topological polar surface area (TPSA) is 134 Å². The van der Waals surface area contributed by atoms with Gasteiger partial charge in [0.2, 0.25) is 5.69 Å². The van der Waals surface area contributed by atoms with Gasteiger partial charge in [-0.1, -0.05) is 13.8 Å². The molecule has 3 aromatic heterocycles.